The predicted molar refractivity (Wildman–Crippen MR) is 43.2 cm³/mol. The molecule has 0 bridgehead atoms. The average molecular weight is 170 g/mol. The normalized spacial score (nSPS) is 8.33. The van der Waals surface area contributed by atoms with Crippen molar-refractivity contribution in [1.29, 1.82) is 0 Å². The van der Waals surface area contributed by atoms with E-state index in [-0.39, 0.29) is 12.8 Å². The van der Waals surface area contributed by atoms with Crippen LogP contribution in [0.15, 0.2) is 30.3 Å². The Hall–Kier alpha value is -1.62. The molecule has 1 rings (SSSR count). The van der Waals surface area contributed by atoms with Gasteiger partial charge in [0.15, 0.2) is 0 Å². The first-order valence-corrected chi connectivity index (χ1v) is 3.10. The highest BCUT2D eigenvalue weighted by atomic mass is 16.9. The molecule has 0 saturated heterocycles. The monoisotopic (exact) mass is 170 g/mol. The third-order valence-electron chi connectivity index (χ3n) is 1.18. The van der Waals surface area contributed by atoms with Gasteiger partial charge in [-0.2, -0.15) is 0 Å². The molecule has 66 valence electrons. The SMILES string of the molecule is N.O=[N+]([O-])OCc1ccccc1. The minimum Gasteiger partial charge on any atom is -0.344 e. The van der Waals surface area contributed by atoms with Crippen LogP contribution in [0.4, 0.5) is 0 Å². The summed E-state index contributed by atoms with van der Waals surface area (Å²) in [5.74, 6) is 0. The van der Waals surface area contributed by atoms with Crippen LogP contribution in [0.2, 0.25) is 0 Å². The fourth-order valence-corrected chi connectivity index (χ4v) is 0.701. The van der Waals surface area contributed by atoms with Crippen LogP contribution in [0, 0.1) is 10.1 Å². The fourth-order valence-electron chi connectivity index (χ4n) is 0.701. The minimum absolute atomic E-state index is 0. The number of benzene rings is 1. The van der Waals surface area contributed by atoms with Crippen LogP contribution in [-0.2, 0) is 11.4 Å². The molecule has 12 heavy (non-hydrogen) atoms. The lowest BCUT2D eigenvalue weighted by Crippen LogP contribution is -1.99. The molecule has 0 saturated carbocycles. The van der Waals surface area contributed by atoms with Crippen molar-refractivity contribution in [2.75, 3.05) is 0 Å². The molecule has 5 nitrogen and oxygen atoms in total. The van der Waals surface area contributed by atoms with Crippen molar-refractivity contribution in [2.24, 2.45) is 0 Å². The van der Waals surface area contributed by atoms with E-state index in [2.05, 4.69) is 4.84 Å². The summed E-state index contributed by atoms with van der Waals surface area (Å²) in [5, 5.41) is 8.96. The average Bonchev–Trinajstić information content (AvgIpc) is 2.03. The molecule has 3 N–H and O–H groups in total. The zero-order chi connectivity index (χ0) is 8.10. The second-order valence-corrected chi connectivity index (χ2v) is 1.98. The van der Waals surface area contributed by atoms with Gasteiger partial charge in [-0.25, -0.2) is 0 Å². The molecule has 0 spiro atoms. The smallest absolute Gasteiger partial charge is 0.294 e. The molecule has 1 aromatic rings. The lowest BCUT2D eigenvalue weighted by atomic mass is 10.2. The Morgan fingerprint density at radius 1 is 1.33 bits per heavy atom. The maximum Gasteiger partial charge on any atom is 0.294 e. The molecule has 0 unspecified atom stereocenters. The highest BCUT2D eigenvalue weighted by molar-refractivity contribution is 5.13. The highest BCUT2D eigenvalue weighted by Gasteiger charge is 1.94. The van der Waals surface area contributed by atoms with Crippen LogP contribution in [0.25, 0.3) is 0 Å². The van der Waals surface area contributed by atoms with E-state index in [9.17, 15) is 10.1 Å². The molecule has 0 aliphatic rings. The summed E-state index contributed by atoms with van der Waals surface area (Å²) in [4.78, 5) is 13.9. The van der Waals surface area contributed by atoms with Crippen molar-refractivity contribution >= 4 is 0 Å². The lowest BCUT2D eigenvalue weighted by Gasteiger charge is -1.96. The van der Waals surface area contributed by atoms with Gasteiger partial charge in [0.05, 0.1) is 0 Å². The van der Waals surface area contributed by atoms with Crippen LogP contribution in [0.1, 0.15) is 5.56 Å². The predicted octanol–water partition coefficient (Wildman–Crippen LogP) is 1.56. The first-order valence-electron chi connectivity index (χ1n) is 3.10. The topological polar surface area (TPSA) is 87.4 Å². The van der Waals surface area contributed by atoms with Crippen molar-refractivity contribution in [2.45, 2.75) is 6.61 Å². The second kappa shape index (κ2) is 5.09. The molecular formula is C7H10N2O3. The van der Waals surface area contributed by atoms with Crippen LogP contribution in [0.3, 0.4) is 0 Å². The van der Waals surface area contributed by atoms with E-state index in [0.29, 0.717) is 0 Å². The van der Waals surface area contributed by atoms with E-state index in [0.717, 1.165) is 5.56 Å². The Labute approximate surface area is 69.7 Å². The van der Waals surface area contributed by atoms with Gasteiger partial charge in [0, 0.05) is 0 Å². The van der Waals surface area contributed by atoms with Gasteiger partial charge < -0.3 is 11.0 Å². The molecule has 5 heteroatoms. The van der Waals surface area contributed by atoms with Crippen molar-refractivity contribution in [3.8, 4) is 0 Å². The maximum atomic E-state index is 9.76. The van der Waals surface area contributed by atoms with Gasteiger partial charge in [0.1, 0.15) is 6.61 Å². The lowest BCUT2D eigenvalue weighted by molar-refractivity contribution is -0.763. The number of hydrogen-bond donors (Lipinski definition) is 1. The molecular weight excluding hydrogens is 160 g/mol. The fraction of sp³-hybridized carbons (Fsp3) is 0.143. The van der Waals surface area contributed by atoms with Crippen LogP contribution >= 0.6 is 0 Å². The molecule has 1 aromatic carbocycles. The van der Waals surface area contributed by atoms with Gasteiger partial charge in [0.25, 0.3) is 5.09 Å². The Morgan fingerprint density at radius 3 is 2.42 bits per heavy atom. The molecule has 0 amide bonds. The standard InChI is InChI=1S/C7H7NO3.H3N/c9-8(10)11-6-7-4-2-1-3-5-7;/h1-5H,6H2;1H3. The zero-order valence-corrected chi connectivity index (χ0v) is 6.47. The summed E-state index contributed by atoms with van der Waals surface area (Å²) >= 11 is 0. The third-order valence-corrected chi connectivity index (χ3v) is 1.18. The molecule has 0 atom stereocenters. The Kier molecular flexibility index (Phi) is 4.40. The van der Waals surface area contributed by atoms with Crippen LogP contribution in [0.5, 0.6) is 0 Å². The van der Waals surface area contributed by atoms with Crippen molar-refractivity contribution in [3.63, 3.8) is 0 Å². The largest absolute Gasteiger partial charge is 0.344 e. The Bertz CT molecular complexity index is 238. The van der Waals surface area contributed by atoms with E-state index in [1.165, 1.54) is 0 Å². The quantitative estimate of drug-likeness (QED) is 0.550. The summed E-state index contributed by atoms with van der Waals surface area (Å²) in [5.41, 5.74) is 0.796. The minimum atomic E-state index is -0.799. The van der Waals surface area contributed by atoms with Crippen molar-refractivity contribution < 1.29 is 9.92 Å². The summed E-state index contributed by atoms with van der Waals surface area (Å²) in [6.07, 6.45) is 0. The first kappa shape index (κ1) is 10.4. The van der Waals surface area contributed by atoms with Gasteiger partial charge in [-0.15, -0.1) is 10.1 Å². The molecule has 0 aromatic heterocycles. The number of hydrogen-bond acceptors (Lipinski definition) is 4. The molecule has 0 radical (unpaired) electrons. The van der Waals surface area contributed by atoms with E-state index in [1.807, 2.05) is 6.07 Å². The summed E-state index contributed by atoms with van der Waals surface area (Å²) in [6, 6.07) is 8.99. The van der Waals surface area contributed by atoms with E-state index >= 15 is 0 Å². The molecule has 0 aliphatic carbocycles. The third kappa shape index (κ3) is 3.52. The van der Waals surface area contributed by atoms with E-state index < -0.39 is 5.09 Å². The van der Waals surface area contributed by atoms with Gasteiger partial charge in [-0.1, -0.05) is 30.3 Å². The molecule has 0 fully saturated rings. The summed E-state index contributed by atoms with van der Waals surface area (Å²) in [7, 11) is 0. The van der Waals surface area contributed by atoms with Crippen LogP contribution in [-0.4, -0.2) is 5.09 Å². The zero-order valence-electron chi connectivity index (χ0n) is 6.47. The maximum absolute atomic E-state index is 9.76. The molecule has 0 heterocycles. The van der Waals surface area contributed by atoms with E-state index in [4.69, 9.17) is 0 Å². The highest BCUT2D eigenvalue weighted by Crippen LogP contribution is 1.99. The van der Waals surface area contributed by atoms with Crippen LogP contribution < -0.4 is 6.15 Å². The van der Waals surface area contributed by atoms with Crippen molar-refractivity contribution in [1.82, 2.24) is 6.15 Å². The number of rotatable bonds is 3. The van der Waals surface area contributed by atoms with E-state index in [1.54, 1.807) is 24.3 Å². The number of nitrogens with zero attached hydrogens (tertiary/aromatic N) is 1. The first-order chi connectivity index (χ1) is 5.29. The summed E-state index contributed by atoms with van der Waals surface area (Å²) in [6.45, 7) is 0.0217. The van der Waals surface area contributed by atoms with Gasteiger partial charge in [0.2, 0.25) is 0 Å². The Morgan fingerprint density at radius 2 is 1.92 bits per heavy atom. The van der Waals surface area contributed by atoms with Gasteiger partial charge in [-0.3, -0.25) is 0 Å². The Balaban J connectivity index is 0.00000121. The second-order valence-electron chi connectivity index (χ2n) is 1.98. The van der Waals surface area contributed by atoms with Crippen molar-refractivity contribution in [3.05, 3.63) is 46.0 Å². The molecule has 0 aliphatic heterocycles. The van der Waals surface area contributed by atoms with Gasteiger partial charge in [-0.05, 0) is 5.56 Å². The summed E-state index contributed by atoms with van der Waals surface area (Å²) < 4.78 is 0. The van der Waals surface area contributed by atoms with Gasteiger partial charge >= 0.3 is 0 Å².